The van der Waals surface area contributed by atoms with Crippen molar-refractivity contribution in [1.29, 1.82) is 0 Å². The summed E-state index contributed by atoms with van der Waals surface area (Å²) in [6.07, 6.45) is -4.29. The number of nitrogens with one attached hydrogen (secondary N) is 2. The molecule has 0 unspecified atom stereocenters. The lowest BCUT2D eigenvalue weighted by atomic mass is 9.98. The summed E-state index contributed by atoms with van der Waals surface area (Å²) in [5, 5.41) is 4.93. The van der Waals surface area contributed by atoms with Crippen molar-refractivity contribution < 1.29 is 45.8 Å². The molecule has 0 aliphatic heterocycles. The number of carbonyl (C=O) groups excluding carboxylic acids is 2. The van der Waals surface area contributed by atoms with Crippen molar-refractivity contribution in [2.45, 2.75) is 58.2 Å². The third-order valence-electron chi connectivity index (χ3n) is 6.29. The Morgan fingerprint density at radius 1 is 0.930 bits per heavy atom. The predicted molar refractivity (Wildman–Crippen MR) is 149 cm³/mol. The summed E-state index contributed by atoms with van der Waals surface area (Å²) < 4.78 is 86.5. The van der Waals surface area contributed by atoms with Gasteiger partial charge in [0.25, 0.3) is 5.91 Å². The van der Waals surface area contributed by atoms with Crippen molar-refractivity contribution in [1.82, 2.24) is 5.32 Å². The van der Waals surface area contributed by atoms with Crippen LogP contribution < -0.4 is 20.1 Å². The van der Waals surface area contributed by atoms with E-state index in [4.69, 9.17) is 14.2 Å². The Balaban J connectivity index is 1.57. The second-order valence-electron chi connectivity index (χ2n) is 11.1. The highest BCUT2D eigenvalue weighted by Crippen LogP contribution is 2.48. The second-order valence-corrected chi connectivity index (χ2v) is 11.1. The van der Waals surface area contributed by atoms with Gasteiger partial charge in [-0.15, -0.1) is 0 Å². The maximum atomic E-state index is 14.4. The summed E-state index contributed by atoms with van der Waals surface area (Å²) in [5.41, 5.74) is -1.66. The maximum absolute atomic E-state index is 14.4. The van der Waals surface area contributed by atoms with Crippen LogP contribution >= 0.6 is 0 Å². The molecule has 1 aliphatic carbocycles. The first-order valence-electron chi connectivity index (χ1n) is 13.5. The van der Waals surface area contributed by atoms with Crippen LogP contribution in [0, 0.1) is 18.6 Å². The fraction of sp³-hybridized carbons (Fsp3) is 0.355. The van der Waals surface area contributed by atoms with E-state index >= 15 is 0 Å². The van der Waals surface area contributed by atoms with Gasteiger partial charge in [0.2, 0.25) is 0 Å². The number of amides is 2. The van der Waals surface area contributed by atoms with Gasteiger partial charge in [0.15, 0.2) is 11.6 Å². The van der Waals surface area contributed by atoms with E-state index in [1.165, 1.54) is 24.3 Å². The van der Waals surface area contributed by atoms with Crippen molar-refractivity contribution in [3.05, 3.63) is 82.4 Å². The number of carbonyl (C=O) groups is 2. The highest BCUT2D eigenvalue weighted by Gasteiger charge is 2.40. The van der Waals surface area contributed by atoms with Gasteiger partial charge in [-0.3, -0.25) is 4.79 Å². The first-order chi connectivity index (χ1) is 20.1. The fourth-order valence-electron chi connectivity index (χ4n) is 4.20. The quantitative estimate of drug-likeness (QED) is 0.190. The number of hydrogen-bond donors (Lipinski definition) is 2. The van der Waals surface area contributed by atoms with E-state index in [9.17, 15) is 31.5 Å². The molecule has 0 aromatic heterocycles. The van der Waals surface area contributed by atoms with Crippen LogP contribution in [0.25, 0.3) is 0 Å². The van der Waals surface area contributed by atoms with E-state index in [2.05, 4.69) is 10.6 Å². The molecule has 0 bridgehead atoms. The van der Waals surface area contributed by atoms with E-state index in [1.807, 2.05) is 0 Å². The van der Waals surface area contributed by atoms with Gasteiger partial charge in [0, 0.05) is 11.8 Å². The molecule has 3 aromatic rings. The third-order valence-corrected chi connectivity index (χ3v) is 6.29. The molecule has 1 saturated carbocycles. The van der Waals surface area contributed by atoms with Gasteiger partial charge in [0.1, 0.15) is 29.5 Å². The number of alkyl halides is 3. The van der Waals surface area contributed by atoms with Gasteiger partial charge >= 0.3 is 12.3 Å². The number of alkyl carbamates (subject to hydrolysis) is 1. The molecule has 0 spiro atoms. The van der Waals surface area contributed by atoms with Crippen molar-refractivity contribution in [3.63, 3.8) is 0 Å². The lowest BCUT2D eigenvalue weighted by molar-refractivity contribution is -0.138. The average molecular weight is 607 g/mol. The Morgan fingerprint density at radius 3 is 2.28 bits per heavy atom. The molecule has 2 amide bonds. The van der Waals surface area contributed by atoms with Gasteiger partial charge in [-0.05, 0) is 100 Å². The molecule has 12 heteroatoms. The summed E-state index contributed by atoms with van der Waals surface area (Å²) >= 11 is 0. The molecule has 0 saturated heterocycles. The van der Waals surface area contributed by atoms with E-state index in [1.54, 1.807) is 27.7 Å². The maximum Gasteiger partial charge on any atom is 0.416 e. The molecular formula is C31H31F5N2O5. The molecule has 43 heavy (non-hydrogen) atoms. The topological polar surface area (TPSA) is 85.9 Å². The fourth-order valence-corrected chi connectivity index (χ4v) is 4.20. The van der Waals surface area contributed by atoms with E-state index in [-0.39, 0.29) is 47.6 Å². The molecule has 0 atom stereocenters. The molecule has 0 radical (unpaired) electrons. The first kappa shape index (κ1) is 31.6. The summed E-state index contributed by atoms with van der Waals surface area (Å²) in [6.45, 7) is 6.50. The SMILES string of the molecule is Cc1cc(F)ccc1Oc1cc(C2CC2)c(C(F)(F)F)cc1C(=O)Nc1ccc(F)c(OCCNC(=O)OC(C)(C)C)c1. The minimum Gasteiger partial charge on any atom is -0.489 e. The number of ether oxygens (including phenoxy) is 3. The highest BCUT2D eigenvalue weighted by molar-refractivity contribution is 6.06. The minimum absolute atomic E-state index is 0.0104. The normalized spacial score (nSPS) is 13.3. The Labute approximate surface area is 245 Å². The molecule has 1 aliphatic rings. The van der Waals surface area contributed by atoms with Crippen molar-refractivity contribution in [2.75, 3.05) is 18.5 Å². The first-order valence-corrected chi connectivity index (χ1v) is 13.5. The minimum atomic E-state index is -4.73. The molecule has 230 valence electrons. The summed E-state index contributed by atoms with van der Waals surface area (Å²) in [7, 11) is 0. The molecule has 7 nitrogen and oxygen atoms in total. The zero-order valence-electron chi connectivity index (χ0n) is 24.0. The van der Waals surface area contributed by atoms with Crippen molar-refractivity contribution in [3.8, 4) is 17.2 Å². The van der Waals surface area contributed by atoms with Gasteiger partial charge in [0.05, 0.1) is 17.7 Å². The van der Waals surface area contributed by atoms with Crippen LogP contribution in [-0.4, -0.2) is 30.8 Å². The molecule has 0 heterocycles. The van der Waals surface area contributed by atoms with Crippen LogP contribution in [0.2, 0.25) is 0 Å². The number of hydrogen-bond acceptors (Lipinski definition) is 5. The summed E-state index contributed by atoms with van der Waals surface area (Å²) in [5.74, 6) is -2.81. The highest BCUT2D eigenvalue weighted by atomic mass is 19.4. The van der Waals surface area contributed by atoms with Gasteiger partial charge < -0.3 is 24.8 Å². The molecule has 3 aromatic carbocycles. The van der Waals surface area contributed by atoms with Gasteiger partial charge in [-0.1, -0.05) is 0 Å². The Bertz CT molecular complexity index is 1510. The number of anilines is 1. The number of benzene rings is 3. The average Bonchev–Trinajstić information content (AvgIpc) is 3.73. The second kappa shape index (κ2) is 12.5. The van der Waals surface area contributed by atoms with Crippen LogP contribution in [0.5, 0.6) is 17.2 Å². The molecule has 4 rings (SSSR count). The molecular weight excluding hydrogens is 575 g/mol. The van der Waals surface area contributed by atoms with Crippen molar-refractivity contribution in [2.24, 2.45) is 0 Å². The van der Waals surface area contributed by atoms with Gasteiger partial charge in [-0.25, -0.2) is 13.6 Å². The standard InChI is InChI=1S/C31H31F5N2O5/c1-17-13-19(32)7-10-25(17)42-26-16-21(18-5-6-18)23(31(34,35)36)15-22(26)28(39)38-20-8-9-24(33)27(14-20)41-12-11-37-29(40)43-30(2,3)4/h7-10,13-16,18H,5-6,11-12H2,1-4H3,(H,37,40)(H,38,39). The molecule has 2 N–H and O–H groups in total. The van der Waals surface area contributed by atoms with Crippen LogP contribution in [-0.2, 0) is 10.9 Å². The third kappa shape index (κ3) is 8.59. The lowest BCUT2D eigenvalue weighted by Gasteiger charge is -2.20. The van der Waals surface area contributed by atoms with E-state index < -0.39 is 46.5 Å². The Hall–Kier alpha value is -4.35. The molecule has 1 fully saturated rings. The van der Waals surface area contributed by atoms with Crippen LogP contribution in [0.4, 0.5) is 32.4 Å². The van der Waals surface area contributed by atoms with Crippen molar-refractivity contribution >= 4 is 17.7 Å². The monoisotopic (exact) mass is 606 g/mol. The predicted octanol–water partition coefficient (Wildman–Crippen LogP) is 8.12. The van der Waals surface area contributed by atoms with E-state index in [0.29, 0.717) is 18.4 Å². The summed E-state index contributed by atoms with van der Waals surface area (Å²) in [6, 6.07) is 8.99. The van der Waals surface area contributed by atoms with Gasteiger partial charge in [-0.2, -0.15) is 13.2 Å². The number of rotatable bonds is 9. The Morgan fingerprint density at radius 2 is 1.65 bits per heavy atom. The smallest absolute Gasteiger partial charge is 0.416 e. The number of aryl methyl sites for hydroxylation is 1. The number of halogens is 5. The zero-order chi connectivity index (χ0) is 31.5. The van der Waals surface area contributed by atoms with Crippen LogP contribution in [0.1, 0.15) is 66.6 Å². The van der Waals surface area contributed by atoms with Crippen LogP contribution in [0.15, 0.2) is 48.5 Å². The Kier molecular flexibility index (Phi) is 9.17. The lowest BCUT2D eigenvalue weighted by Crippen LogP contribution is -2.34. The zero-order valence-corrected chi connectivity index (χ0v) is 24.0. The van der Waals surface area contributed by atoms with Crippen LogP contribution in [0.3, 0.4) is 0 Å². The van der Waals surface area contributed by atoms with E-state index in [0.717, 1.165) is 24.3 Å². The summed E-state index contributed by atoms with van der Waals surface area (Å²) in [4.78, 5) is 25.1. The largest absolute Gasteiger partial charge is 0.489 e.